The van der Waals surface area contributed by atoms with Crippen LogP contribution in [0.25, 0.3) is 6.20 Å². The first-order valence-corrected chi connectivity index (χ1v) is 3.46. The summed E-state index contributed by atoms with van der Waals surface area (Å²) < 4.78 is 0. The Bertz CT molecular complexity index is 476. The van der Waals surface area contributed by atoms with Crippen LogP contribution in [0.15, 0.2) is 26.6 Å². The first-order chi connectivity index (χ1) is 5.95. The molecule has 5 nitrogen and oxygen atoms in total. The van der Waals surface area contributed by atoms with E-state index in [0.717, 1.165) is 16.1 Å². The number of fused-ring (bicyclic) bond motifs is 3. The number of hydrogen-bond acceptors (Lipinski definition) is 5. The smallest absolute Gasteiger partial charge is 0.185 e. The summed E-state index contributed by atoms with van der Waals surface area (Å²) in [4.78, 5) is 4.09. The van der Waals surface area contributed by atoms with Crippen molar-refractivity contribution in [3.63, 3.8) is 0 Å². The third-order valence-electron chi connectivity index (χ3n) is 1.79. The molecule has 0 aliphatic carbocycles. The molecular weight excluding hydrogens is 154 g/mol. The van der Waals surface area contributed by atoms with Gasteiger partial charge in [-0.25, -0.2) is 4.98 Å². The Kier molecular flexibility index (Phi) is 0.864. The van der Waals surface area contributed by atoms with E-state index in [0.29, 0.717) is 5.82 Å². The van der Waals surface area contributed by atoms with Crippen molar-refractivity contribution in [1.29, 1.82) is 0 Å². The highest BCUT2D eigenvalue weighted by Crippen LogP contribution is 2.05. The van der Waals surface area contributed by atoms with E-state index in [1.807, 2.05) is 0 Å². The second kappa shape index (κ2) is 1.82. The number of pyridine rings is 1. The molecule has 0 fully saturated rings. The molecule has 0 saturated carbocycles. The van der Waals surface area contributed by atoms with Gasteiger partial charge in [-0.2, -0.15) is 10.2 Å². The van der Waals surface area contributed by atoms with Gasteiger partial charge in [0.25, 0.3) is 0 Å². The minimum absolute atomic E-state index is 0.628. The van der Waals surface area contributed by atoms with E-state index < -0.39 is 0 Å². The van der Waals surface area contributed by atoms with Gasteiger partial charge in [-0.05, 0) is 0 Å². The van der Waals surface area contributed by atoms with Crippen molar-refractivity contribution in [3.8, 4) is 0 Å². The Morgan fingerprint density at radius 1 is 1.25 bits per heavy atom. The number of rotatable bonds is 0. The van der Waals surface area contributed by atoms with Gasteiger partial charge in [-0.1, -0.05) is 0 Å². The molecule has 2 aliphatic rings. The van der Waals surface area contributed by atoms with E-state index in [1.54, 1.807) is 18.6 Å². The van der Waals surface area contributed by atoms with Crippen LogP contribution < -0.4 is 10.6 Å². The molecule has 5 heteroatoms. The molecule has 0 unspecified atom stereocenters. The average Bonchev–Trinajstić information content (AvgIpc) is 2.71. The fourth-order valence-corrected chi connectivity index (χ4v) is 1.22. The summed E-state index contributed by atoms with van der Waals surface area (Å²) in [7, 11) is 0. The number of azo groups is 1. The van der Waals surface area contributed by atoms with Crippen molar-refractivity contribution in [2.24, 2.45) is 20.4 Å². The van der Waals surface area contributed by atoms with Crippen LogP contribution >= 0.6 is 0 Å². The van der Waals surface area contributed by atoms with Crippen LogP contribution in [0.2, 0.25) is 0 Å². The summed E-state index contributed by atoms with van der Waals surface area (Å²) >= 11 is 0. The van der Waals surface area contributed by atoms with Crippen LogP contribution in [0.1, 0.15) is 5.56 Å². The summed E-state index contributed by atoms with van der Waals surface area (Å²) in [5, 5.41) is 17.0. The Hall–Kier alpha value is -1.91. The second-order valence-corrected chi connectivity index (χ2v) is 2.49. The molecule has 2 aliphatic heterocycles. The second-order valence-electron chi connectivity index (χ2n) is 2.49. The van der Waals surface area contributed by atoms with E-state index >= 15 is 0 Å². The lowest BCUT2D eigenvalue weighted by Crippen LogP contribution is -2.26. The third kappa shape index (κ3) is 0.554. The highest BCUT2D eigenvalue weighted by atomic mass is 15.2. The minimum atomic E-state index is 0.628. The van der Waals surface area contributed by atoms with Gasteiger partial charge in [0.2, 0.25) is 0 Å². The van der Waals surface area contributed by atoms with Crippen LogP contribution in [0.3, 0.4) is 0 Å². The summed E-state index contributed by atoms with van der Waals surface area (Å²) in [6.07, 6.45) is 5.03. The van der Waals surface area contributed by atoms with Crippen LogP contribution in [-0.4, -0.2) is 11.2 Å². The normalized spacial score (nSPS) is 15.3. The van der Waals surface area contributed by atoms with E-state index in [9.17, 15) is 0 Å². The average molecular weight is 157 g/mol. The lowest BCUT2D eigenvalue weighted by molar-refractivity contribution is 1.13. The predicted molar refractivity (Wildman–Crippen MR) is 41.6 cm³/mol. The van der Waals surface area contributed by atoms with Gasteiger partial charge in [0.15, 0.2) is 5.82 Å². The Morgan fingerprint density at radius 3 is 3.25 bits per heavy atom. The zero-order chi connectivity index (χ0) is 7.97. The molecule has 0 amide bonds. The first-order valence-electron chi connectivity index (χ1n) is 3.46. The van der Waals surface area contributed by atoms with Gasteiger partial charge in [-0.3, -0.25) is 0 Å². The summed E-state index contributed by atoms with van der Waals surface area (Å²) in [6.45, 7) is 0. The van der Waals surface area contributed by atoms with Crippen LogP contribution in [-0.2, 0) is 0 Å². The van der Waals surface area contributed by atoms with Crippen molar-refractivity contribution >= 4 is 18.2 Å². The number of aromatic nitrogens is 1. The largest absolute Gasteiger partial charge is 0.234 e. The van der Waals surface area contributed by atoms with E-state index in [4.69, 9.17) is 0 Å². The molecule has 1 aromatic heterocycles. The summed E-state index contributed by atoms with van der Waals surface area (Å²) in [6, 6.07) is 0. The van der Waals surface area contributed by atoms with Gasteiger partial charge in [0.05, 0.1) is 17.6 Å². The summed E-state index contributed by atoms with van der Waals surface area (Å²) in [5.41, 5.74) is 0.928. The highest BCUT2D eigenvalue weighted by molar-refractivity contribution is 5.80. The minimum Gasteiger partial charge on any atom is -0.234 e. The Morgan fingerprint density at radius 2 is 2.25 bits per heavy atom. The van der Waals surface area contributed by atoms with Crippen LogP contribution in [0.4, 0.5) is 5.82 Å². The molecule has 3 rings (SSSR count). The zero-order valence-electron chi connectivity index (χ0n) is 5.97. The van der Waals surface area contributed by atoms with Crippen molar-refractivity contribution in [2.75, 3.05) is 0 Å². The Balaban J connectivity index is 2.58. The van der Waals surface area contributed by atoms with Gasteiger partial charge in [0, 0.05) is 11.8 Å². The Labute approximate surface area is 66.9 Å². The molecule has 12 heavy (non-hydrogen) atoms. The van der Waals surface area contributed by atoms with Gasteiger partial charge in [-0.15, -0.1) is 10.2 Å². The van der Waals surface area contributed by atoms with Crippen LogP contribution in [0, 0.1) is 0 Å². The summed E-state index contributed by atoms with van der Waals surface area (Å²) in [5.74, 6) is 0.628. The molecule has 0 bridgehead atoms. The molecule has 0 aromatic carbocycles. The molecule has 0 atom stereocenters. The van der Waals surface area contributed by atoms with E-state index in [2.05, 4.69) is 25.4 Å². The first kappa shape index (κ1) is 5.70. The maximum absolute atomic E-state index is 4.09. The topological polar surface area (TPSA) is 62.3 Å². The molecule has 0 spiro atoms. The van der Waals surface area contributed by atoms with Crippen molar-refractivity contribution in [2.45, 2.75) is 0 Å². The number of hydrogen-bond donors (Lipinski definition) is 0. The van der Waals surface area contributed by atoms with E-state index in [1.165, 1.54) is 0 Å². The molecular formula is C7H3N5. The van der Waals surface area contributed by atoms with E-state index in [-0.39, 0.29) is 0 Å². The van der Waals surface area contributed by atoms with Crippen molar-refractivity contribution < 1.29 is 0 Å². The molecule has 0 saturated heterocycles. The molecule has 1 aromatic rings. The van der Waals surface area contributed by atoms with Crippen molar-refractivity contribution in [3.05, 3.63) is 22.3 Å². The highest BCUT2D eigenvalue weighted by Gasteiger charge is 2.08. The fourth-order valence-electron chi connectivity index (χ4n) is 1.22. The standard InChI is InChI=1S/C7H3N5/c1-4-2-9-11-6(4)5-3-10-12-7(5)8-1/h1-3H. The van der Waals surface area contributed by atoms with Gasteiger partial charge >= 0.3 is 0 Å². The predicted octanol–water partition coefficient (Wildman–Crippen LogP) is -0.116. The SMILES string of the molecule is C1=NN=c2c1cnc1c2=CN=N1. The molecule has 0 radical (unpaired) electrons. The fraction of sp³-hybridized carbons (Fsp3) is 0. The monoisotopic (exact) mass is 157 g/mol. The maximum Gasteiger partial charge on any atom is 0.185 e. The molecule has 0 N–H and O–H groups in total. The van der Waals surface area contributed by atoms with Crippen molar-refractivity contribution in [1.82, 2.24) is 4.98 Å². The lowest BCUT2D eigenvalue weighted by atomic mass is 10.2. The van der Waals surface area contributed by atoms with Crippen LogP contribution in [0.5, 0.6) is 0 Å². The van der Waals surface area contributed by atoms with Gasteiger partial charge < -0.3 is 0 Å². The number of nitrogens with zero attached hydrogens (tertiary/aromatic N) is 5. The molecule has 3 heterocycles. The molecule has 56 valence electrons. The van der Waals surface area contributed by atoms with Gasteiger partial charge in [0.1, 0.15) is 5.36 Å². The maximum atomic E-state index is 4.09. The third-order valence-corrected chi connectivity index (χ3v) is 1.79. The lowest BCUT2D eigenvalue weighted by Gasteiger charge is -1.88. The quantitative estimate of drug-likeness (QED) is 0.518. The zero-order valence-corrected chi connectivity index (χ0v) is 5.97.